The highest BCUT2D eigenvalue weighted by Crippen LogP contribution is 2.35. The molecule has 0 spiro atoms. The van der Waals surface area contributed by atoms with Gasteiger partial charge in [0.1, 0.15) is 15.8 Å². The number of carboxylic acids is 1. The molecule has 0 bridgehead atoms. The molecule has 5 rings (SSSR count). The van der Waals surface area contributed by atoms with E-state index in [1.54, 1.807) is 30.3 Å². The molecule has 0 radical (unpaired) electrons. The maximum Gasteiger partial charge on any atom is 0.266 e. The predicted molar refractivity (Wildman–Crippen MR) is 143 cm³/mol. The average molecular weight is 511 g/mol. The highest BCUT2D eigenvalue weighted by molar-refractivity contribution is 8.26. The molecule has 1 aliphatic rings. The molecule has 1 aromatic heterocycles. The van der Waals surface area contributed by atoms with Crippen molar-refractivity contribution in [2.45, 2.75) is 13.0 Å². The standard InChI is InChI=1S/C29H21NO4S2/c31-27(32)16-19-6-8-20(9-7-19)18-30-28(33)26(36-29(30)35)17-24-14-15-25(34-24)23-12-10-22(11-13-23)21-4-2-1-3-5-21/h1-15,17H,16,18H2,(H,31,32)/p-1/b26-17-. The van der Waals surface area contributed by atoms with E-state index in [4.69, 9.17) is 16.6 Å². The second-order valence-corrected chi connectivity index (χ2v) is 9.95. The number of aliphatic carboxylic acids is 1. The first-order chi connectivity index (χ1) is 17.5. The van der Waals surface area contributed by atoms with Crippen molar-refractivity contribution in [3.63, 3.8) is 0 Å². The zero-order valence-electron chi connectivity index (χ0n) is 19.0. The Hall–Kier alpha value is -3.94. The lowest BCUT2D eigenvalue weighted by Gasteiger charge is -2.14. The van der Waals surface area contributed by atoms with E-state index in [-0.39, 0.29) is 12.3 Å². The number of furan rings is 1. The molecule has 7 heteroatoms. The van der Waals surface area contributed by atoms with E-state index in [1.165, 1.54) is 16.7 Å². The topological polar surface area (TPSA) is 73.6 Å². The van der Waals surface area contributed by atoms with Gasteiger partial charge in [-0.3, -0.25) is 9.69 Å². The van der Waals surface area contributed by atoms with Crippen molar-refractivity contribution >= 4 is 46.3 Å². The number of benzene rings is 3. The smallest absolute Gasteiger partial charge is 0.266 e. The van der Waals surface area contributed by atoms with E-state index in [0.29, 0.717) is 32.9 Å². The number of rotatable bonds is 7. The maximum atomic E-state index is 13.0. The molecule has 2 heterocycles. The van der Waals surface area contributed by atoms with E-state index in [2.05, 4.69) is 24.3 Å². The van der Waals surface area contributed by atoms with Gasteiger partial charge in [-0.05, 0) is 34.4 Å². The largest absolute Gasteiger partial charge is 0.550 e. The number of hydrogen-bond acceptors (Lipinski definition) is 6. The third-order valence-corrected chi connectivity index (χ3v) is 7.14. The number of hydrogen-bond donors (Lipinski definition) is 0. The molecule has 4 aromatic rings. The lowest BCUT2D eigenvalue weighted by Crippen LogP contribution is -2.27. The van der Waals surface area contributed by atoms with E-state index in [9.17, 15) is 14.7 Å². The summed E-state index contributed by atoms with van der Waals surface area (Å²) in [5, 5.41) is 10.8. The van der Waals surface area contributed by atoms with Crippen LogP contribution in [0.5, 0.6) is 0 Å². The molecule has 0 unspecified atom stereocenters. The third kappa shape index (κ3) is 5.32. The number of amides is 1. The van der Waals surface area contributed by atoms with Gasteiger partial charge in [0, 0.05) is 24.0 Å². The van der Waals surface area contributed by atoms with Crippen molar-refractivity contribution in [1.29, 1.82) is 0 Å². The number of thioether (sulfide) groups is 1. The van der Waals surface area contributed by atoms with Gasteiger partial charge in [-0.25, -0.2) is 0 Å². The Kier molecular flexibility index (Phi) is 6.84. The van der Waals surface area contributed by atoms with Crippen LogP contribution in [0.3, 0.4) is 0 Å². The van der Waals surface area contributed by atoms with Gasteiger partial charge in [-0.2, -0.15) is 0 Å². The summed E-state index contributed by atoms with van der Waals surface area (Å²) in [6.07, 6.45) is 1.57. The van der Waals surface area contributed by atoms with E-state index in [0.717, 1.165) is 22.3 Å². The summed E-state index contributed by atoms with van der Waals surface area (Å²) in [6.45, 7) is 0.310. The summed E-state index contributed by atoms with van der Waals surface area (Å²) in [7, 11) is 0. The van der Waals surface area contributed by atoms with Gasteiger partial charge in [0.2, 0.25) is 0 Å². The van der Waals surface area contributed by atoms with Crippen LogP contribution in [0.1, 0.15) is 16.9 Å². The highest BCUT2D eigenvalue weighted by atomic mass is 32.2. The molecule has 3 aromatic carbocycles. The molecule has 1 fully saturated rings. The molecule has 5 nitrogen and oxygen atoms in total. The molecular weight excluding hydrogens is 490 g/mol. The summed E-state index contributed by atoms with van der Waals surface area (Å²) in [5.74, 6) is -0.0265. The van der Waals surface area contributed by atoms with Crippen LogP contribution in [0.25, 0.3) is 28.5 Å². The molecule has 0 atom stereocenters. The first-order valence-electron chi connectivity index (χ1n) is 11.2. The minimum absolute atomic E-state index is 0.146. The Morgan fingerprint density at radius 3 is 2.19 bits per heavy atom. The van der Waals surface area contributed by atoms with Gasteiger partial charge >= 0.3 is 0 Å². The summed E-state index contributed by atoms with van der Waals surface area (Å²) in [4.78, 5) is 25.8. The van der Waals surface area contributed by atoms with Crippen molar-refractivity contribution in [3.05, 3.63) is 113 Å². The van der Waals surface area contributed by atoms with E-state index in [1.807, 2.05) is 42.5 Å². The van der Waals surface area contributed by atoms with Crippen molar-refractivity contribution in [3.8, 4) is 22.5 Å². The van der Waals surface area contributed by atoms with Gasteiger partial charge in [0.25, 0.3) is 5.91 Å². The number of carbonyl (C=O) groups excluding carboxylic acids is 2. The molecule has 1 aliphatic heterocycles. The number of carboxylic acid groups (broad SMARTS) is 1. The first kappa shape index (κ1) is 23.8. The zero-order valence-corrected chi connectivity index (χ0v) is 20.7. The van der Waals surface area contributed by atoms with Crippen LogP contribution in [-0.2, 0) is 22.6 Å². The second kappa shape index (κ2) is 10.4. The molecule has 0 N–H and O–H groups in total. The second-order valence-electron chi connectivity index (χ2n) is 8.28. The van der Waals surface area contributed by atoms with Gasteiger partial charge in [0.15, 0.2) is 0 Å². The Morgan fingerprint density at radius 1 is 0.861 bits per heavy atom. The van der Waals surface area contributed by atoms with E-state index >= 15 is 0 Å². The van der Waals surface area contributed by atoms with E-state index < -0.39 is 5.97 Å². The minimum atomic E-state index is -1.13. The lowest BCUT2D eigenvalue weighted by atomic mass is 10.0. The molecule has 178 valence electrons. The fraction of sp³-hybridized carbons (Fsp3) is 0.0690. The fourth-order valence-electron chi connectivity index (χ4n) is 3.92. The SMILES string of the molecule is O=C([O-])Cc1ccc(CN2C(=O)/C(=C/c3ccc(-c4ccc(-c5ccccc5)cc4)o3)SC2=S)cc1. The van der Waals surface area contributed by atoms with Crippen LogP contribution in [0.15, 0.2) is 100 Å². The first-order valence-corrected chi connectivity index (χ1v) is 12.5. The third-order valence-electron chi connectivity index (χ3n) is 5.76. The minimum Gasteiger partial charge on any atom is -0.550 e. The van der Waals surface area contributed by atoms with Crippen molar-refractivity contribution in [2.24, 2.45) is 0 Å². The fourth-order valence-corrected chi connectivity index (χ4v) is 5.16. The van der Waals surface area contributed by atoms with Gasteiger partial charge in [0.05, 0.1) is 11.4 Å². The molecule has 1 saturated heterocycles. The molecule has 36 heavy (non-hydrogen) atoms. The molecule has 0 saturated carbocycles. The van der Waals surface area contributed by atoms with Crippen LogP contribution in [0.4, 0.5) is 0 Å². The number of nitrogens with zero attached hydrogens (tertiary/aromatic N) is 1. The van der Waals surface area contributed by atoms with Gasteiger partial charge in [-0.15, -0.1) is 0 Å². The number of carbonyl (C=O) groups is 2. The van der Waals surface area contributed by atoms with Crippen LogP contribution in [0.2, 0.25) is 0 Å². The maximum absolute atomic E-state index is 13.0. The Morgan fingerprint density at radius 2 is 1.50 bits per heavy atom. The number of thiocarbonyl (C=S) groups is 1. The van der Waals surface area contributed by atoms with Crippen molar-refractivity contribution in [2.75, 3.05) is 0 Å². The average Bonchev–Trinajstić information content (AvgIpc) is 3.46. The zero-order chi connectivity index (χ0) is 25.1. The molecule has 1 amide bonds. The highest BCUT2D eigenvalue weighted by Gasteiger charge is 2.32. The van der Waals surface area contributed by atoms with Crippen molar-refractivity contribution < 1.29 is 19.1 Å². The Labute approximate surface area is 218 Å². The lowest BCUT2D eigenvalue weighted by molar-refractivity contribution is -0.304. The quantitative estimate of drug-likeness (QED) is 0.248. The predicted octanol–water partition coefficient (Wildman–Crippen LogP) is 5.31. The Balaban J connectivity index is 1.28. The van der Waals surface area contributed by atoms with Crippen LogP contribution in [0, 0.1) is 0 Å². The summed E-state index contributed by atoms with van der Waals surface area (Å²) >= 11 is 6.67. The Bertz CT molecular complexity index is 1460. The van der Waals surface area contributed by atoms with Crippen LogP contribution in [-0.4, -0.2) is 21.1 Å². The summed E-state index contributed by atoms with van der Waals surface area (Å²) in [5.41, 5.74) is 4.73. The monoisotopic (exact) mass is 510 g/mol. The van der Waals surface area contributed by atoms with Gasteiger partial charge < -0.3 is 14.3 Å². The summed E-state index contributed by atoms with van der Waals surface area (Å²) in [6, 6.07) is 29.1. The van der Waals surface area contributed by atoms with Gasteiger partial charge in [-0.1, -0.05) is 103 Å². The molecular formula is C29H20NO4S2-. The summed E-state index contributed by atoms with van der Waals surface area (Å²) < 4.78 is 6.47. The van der Waals surface area contributed by atoms with Crippen molar-refractivity contribution in [1.82, 2.24) is 4.90 Å². The normalized spacial score (nSPS) is 14.6. The molecule has 0 aliphatic carbocycles. The van der Waals surface area contributed by atoms with Crippen LogP contribution < -0.4 is 5.11 Å². The van der Waals surface area contributed by atoms with Crippen LogP contribution >= 0.6 is 24.0 Å².